The number of rotatable bonds is 6. The van der Waals surface area contributed by atoms with Gasteiger partial charge in [0.15, 0.2) is 17.3 Å². The second kappa shape index (κ2) is 9.82. The lowest BCUT2D eigenvalue weighted by Gasteiger charge is -2.20. The molecule has 13 heteroatoms. The summed E-state index contributed by atoms with van der Waals surface area (Å²) in [5.41, 5.74) is 0.896. The maximum absolute atomic E-state index is 13.1. The summed E-state index contributed by atoms with van der Waals surface area (Å²) in [4.78, 5) is 16.1. The standard InChI is InChI=1S/C22H15BrF4N4O3S/c1-2-33-16-9-12(8-15(23)17(16)34-10-11-3-5-13(24)6-4-11)7-14-18(28)31-21(29-19(14)32)35-20(30-31)22(25,26)27/h3-9,28H,2,10H2,1H3. The van der Waals surface area contributed by atoms with Crippen LogP contribution in [0.5, 0.6) is 11.5 Å². The van der Waals surface area contributed by atoms with Crippen molar-refractivity contribution in [2.75, 3.05) is 6.61 Å². The molecule has 0 radical (unpaired) electrons. The number of fused-ring (bicyclic) bond motifs is 1. The summed E-state index contributed by atoms with van der Waals surface area (Å²) >= 11 is 3.58. The summed E-state index contributed by atoms with van der Waals surface area (Å²) in [7, 11) is 0. The van der Waals surface area contributed by atoms with Crippen molar-refractivity contribution in [1.82, 2.24) is 5.01 Å². The third kappa shape index (κ3) is 5.40. The van der Waals surface area contributed by atoms with Crippen molar-refractivity contribution in [3.63, 3.8) is 0 Å². The molecule has 4 rings (SSSR count). The second-order valence-corrected chi connectivity index (χ2v) is 8.91. The van der Waals surface area contributed by atoms with Crippen LogP contribution in [0.25, 0.3) is 6.08 Å². The molecule has 0 bridgehead atoms. The van der Waals surface area contributed by atoms with Gasteiger partial charge in [0.25, 0.3) is 5.91 Å². The average Bonchev–Trinajstić information content (AvgIpc) is 3.22. The number of aliphatic imine (C=N–C) groups is 1. The number of thioether (sulfide) groups is 1. The molecule has 7 nitrogen and oxygen atoms in total. The molecule has 0 aliphatic carbocycles. The molecule has 182 valence electrons. The molecule has 1 N–H and O–H groups in total. The molecule has 0 atom stereocenters. The number of hydrazone groups is 1. The molecule has 2 aliphatic rings. The van der Waals surface area contributed by atoms with Gasteiger partial charge in [-0.1, -0.05) is 12.1 Å². The fourth-order valence-electron chi connectivity index (χ4n) is 3.08. The Morgan fingerprint density at radius 1 is 1.20 bits per heavy atom. The second-order valence-electron chi connectivity index (χ2n) is 7.10. The molecule has 0 saturated heterocycles. The van der Waals surface area contributed by atoms with Crippen LogP contribution in [0.4, 0.5) is 17.6 Å². The molecule has 0 unspecified atom stereocenters. The van der Waals surface area contributed by atoms with E-state index >= 15 is 0 Å². The monoisotopic (exact) mass is 570 g/mol. The number of halogens is 5. The first-order valence-corrected chi connectivity index (χ1v) is 11.6. The minimum Gasteiger partial charge on any atom is -0.490 e. The Hall–Kier alpha value is -3.19. The highest BCUT2D eigenvalue weighted by molar-refractivity contribution is 9.10. The third-order valence-corrected chi connectivity index (χ3v) is 6.18. The Kier molecular flexibility index (Phi) is 6.99. The predicted molar refractivity (Wildman–Crippen MR) is 127 cm³/mol. The highest BCUT2D eigenvalue weighted by Gasteiger charge is 2.46. The van der Waals surface area contributed by atoms with Gasteiger partial charge in [0.1, 0.15) is 12.4 Å². The first-order chi connectivity index (χ1) is 16.6. The summed E-state index contributed by atoms with van der Waals surface area (Å²) in [6, 6.07) is 8.96. The predicted octanol–water partition coefficient (Wildman–Crippen LogP) is 5.75. The van der Waals surface area contributed by atoms with E-state index in [4.69, 9.17) is 14.9 Å². The van der Waals surface area contributed by atoms with Crippen LogP contribution in [0.3, 0.4) is 0 Å². The number of benzene rings is 2. The first-order valence-electron chi connectivity index (χ1n) is 9.97. The number of alkyl halides is 3. The van der Waals surface area contributed by atoms with E-state index in [1.165, 1.54) is 18.2 Å². The normalized spacial score (nSPS) is 16.9. The summed E-state index contributed by atoms with van der Waals surface area (Å²) in [5.74, 6) is -1.08. The maximum Gasteiger partial charge on any atom is 0.441 e. The molecule has 2 heterocycles. The van der Waals surface area contributed by atoms with Crippen molar-refractivity contribution in [2.24, 2.45) is 10.1 Å². The summed E-state index contributed by atoms with van der Waals surface area (Å²) < 4.78 is 64.1. The minimum atomic E-state index is -4.72. The van der Waals surface area contributed by atoms with E-state index in [9.17, 15) is 22.4 Å². The molecule has 0 aromatic heterocycles. The highest BCUT2D eigenvalue weighted by Crippen LogP contribution is 2.39. The molecule has 0 saturated carbocycles. The van der Waals surface area contributed by atoms with Crippen molar-refractivity contribution >= 4 is 55.7 Å². The molecule has 0 spiro atoms. The first kappa shape index (κ1) is 24.9. The van der Waals surface area contributed by atoms with Gasteiger partial charge in [-0.05, 0) is 76.1 Å². The Morgan fingerprint density at radius 2 is 1.91 bits per heavy atom. The third-order valence-electron chi connectivity index (χ3n) is 4.64. The van der Waals surface area contributed by atoms with Gasteiger partial charge in [-0.2, -0.15) is 28.3 Å². The largest absolute Gasteiger partial charge is 0.490 e. The van der Waals surface area contributed by atoms with Crippen molar-refractivity contribution in [3.8, 4) is 11.5 Å². The number of hydrogen-bond donors (Lipinski definition) is 1. The topological polar surface area (TPSA) is 87.3 Å². The minimum absolute atomic E-state index is 0.131. The number of carbonyl (C=O) groups excluding carboxylic acids is 1. The molecular weight excluding hydrogens is 556 g/mol. The molecule has 2 aliphatic heterocycles. The van der Waals surface area contributed by atoms with Crippen molar-refractivity contribution in [3.05, 3.63) is 63.4 Å². The fourth-order valence-corrected chi connectivity index (χ4v) is 4.42. The van der Waals surface area contributed by atoms with Gasteiger partial charge in [0, 0.05) is 0 Å². The zero-order valence-corrected chi connectivity index (χ0v) is 20.2. The molecule has 2 aromatic rings. The molecule has 0 fully saturated rings. The SMILES string of the molecule is CCOc1cc(C=C2C(=N)N3N=C(C(F)(F)F)SC3=NC2=O)cc(Br)c1OCc1ccc(F)cc1. The van der Waals surface area contributed by atoms with Crippen molar-refractivity contribution in [2.45, 2.75) is 19.7 Å². The van der Waals surface area contributed by atoms with Crippen LogP contribution in [-0.2, 0) is 11.4 Å². The number of hydrogen-bond acceptors (Lipinski definition) is 6. The molecule has 35 heavy (non-hydrogen) atoms. The fraction of sp³-hybridized carbons (Fsp3) is 0.182. The quantitative estimate of drug-likeness (QED) is 0.353. The summed E-state index contributed by atoms with van der Waals surface area (Å²) in [6.07, 6.45) is -3.41. The zero-order valence-electron chi connectivity index (χ0n) is 17.8. The summed E-state index contributed by atoms with van der Waals surface area (Å²) in [5, 5.41) is 10.8. The Bertz CT molecular complexity index is 1290. The van der Waals surface area contributed by atoms with Crippen LogP contribution >= 0.6 is 27.7 Å². The average molecular weight is 571 g/mol. The maximum atomic E-state index is 13.1. The van der Waals surface area contributed by atoms with Gasteiger partial charge in [0.05, 0.1) is 16.7 Å². The number of amides is 1. The zero-order chi connectivity index (χ0) is 25.3. The van der Waals surface area contributed by atoms with E-state index in [0.717, 1.165) is 5.56 Å². The number of carbonyl (C=O) groups is 1. The van der Waals surface area contributed by atoms with E-state index in [1.807, 2.05) is 0 Å². The number of nitrogens with zero attached hydrogens (tertiary/aromatic N) is 3. The number of amidine groups is 2. The van der Waals surface area contributed by atoms with Crippen LogP contribution in [0.1, 0.15) is 18.1 Å². The van der Waals surface area contributed by atoms with Crippen LogP contribution in [0, 0.1) is 11.2 Å². The van der Waals surface area contributed by atoms with E-state index < -0.39 is 23.0 Å². The van der Waals surface area contributed by atoms with Gasteiger partial charge in [0.2, 0.25) is 10.2 Å². The van der Waals surface area contributed by atoms with Crippen LogP contribution in [0.2, 0.25) is 0 Å². The lowest BCUT2D eigenvalue weighted by molar-refractivity contribution is -0.114. The van der Waals surface area contributed by atoms with E-state index in [0.29, 0.717) is 33.2 Å². The summed E-state index contributed by atoms with van der Waals surface area (Å²) in [6.45, 7) is 2.19. The number of nitrogens with one attached hydrogen (secondary N) is 1. The van der Waals surface area contributed by atoms with Gasteiger partial charge in [-0.25, -0.2) is 4.39 Å². The van der Waals surface area contributed by atoms with Gasteiger partial charge in [-0.3, -0.25) is 10.2 Å². The van der Waals surface area contributed by atoms with Crippen LogP contribution in [-0.4, -0.2) is 39.7 Å². The lowest BCUT2D eigenvalue weighted by Crippen LogP contribution is -2.35. The number of ether oxygens (including phenoxy) is 2. The van der Waals surface area contributed by atoms with Crippen LogP contribution < -0.4 is 9.47 Å². The van der Waals surface area contributed by atoms with Gasteiger partial charge in [-0.15, -0.1) is 0 Å². The van der Waals surface area contributed by atoms with E-state index in [-0.39, 0.29) is 34.9 Å². The van der Waals surface area contributed by atoms with Crippen molar-refractivity contribution < 1.29 is 31.8 Å². The molecule has 1 amide bonds. The Balaban J connectivity index is 1.63. The Labute approximate surface area is 209 Å². The lowest BCUT2D eigenvalue weighted by atomic mass is 10.1. The Morgan fingerprint density at radius 3 is 2.57 bits per heavy atom. The van der Waals surface area contributed by atoms with Gasteiger partial charge >= 0.3 is 6.18 Å². The molecule has 2 aromatic carbocycles. The highest BCUT2D eigenvalue weighted by atomic mass is 79.9. The molecular formula is C22H15BrF4N4O3S. The smallest absolute Gasteiger partial charge is 0.441 e. The van der Waals surface area contributed by atoms with E-state index in [2.05, 4.69) is 26.0 Å². The van der Waals surface area contributed by atoms with Crippen molar-refractivity contribution in [1.29, 1.82) is 5.41 Å². The van der Waals surface area contributed by atoms with Crippen LogP contribution in [0.15, 0.2) is 56.5 Å². The van der Waals surface area contributed by atoms with E-state index in [1.54, 1.807) is 31.2 Å². The van der Waals surface area contributed by atoms with Gasteiger partial charge < -0.3 is 9.47 Å².